The zero-order valence-electron chi connectivity index (χ0n) is 11.3. The zero-order chi connectivity index (χ0) is 13.7. The van der Waals surface area contributed by atoms with Crippen molar-refractivity contribution >= 4 is 0 Å². The molecule has 3 heteroatoms. The molecule has 0 aliphatic heterocycles. The van der Waals surface area contributed by atoms with E-state index < -0.39 is 0 Å². The molecule has 2 nitrogen and oxygen atoms in total. The first-order valence-corrected chi connectivity index (χ1v) is 6.62. The third-order valence-electron chi connectivity index (χ3n) is 3.31. The Morgan fingerprint density at radius 3 is 2.47 bits per heavy atom. The van der Waals surface area contributed by atoms with Crippen LogP contribution in [0, 0.1) is 5.82 Å². The van der Waals surface area contributed by atoms with Crippen LogP contribution in [-0.2, 0) is 0 Å². The standard InChI is InChI=1S/C16H19FN2/c1-3-18-16(13-7-9-14(17)10-8-13)12(2)15-6-4-5-11-19-15/h4-12,16,18H,3H2,1-2H3. The second kappa shape index (κ2) is 6.43. The van der Waals surface area contributed by atoms with Gasteiger partial charge in [0.2, 0.25) is 0 Å². The van der Waals surface area contributed by atoms with Gasteiger partial charge in [-0.15, -0.1) is 0 Å². The third kappa shape index (κ3) is 3.38. The van der Waals surface area contributed by atoms with Crippen molar-refractivity contribution in [2.75, 3.05) is 6.54 Å². The molecule has 0 saturated carbocycles. The Hall–Kier alpha value is -1.74. The normalized spacial score (nSPS) is 14.1. The Kier molecular flexibility index (Phi) is 4.63. The van der Waals surface area contributed by atoms with Gasteiger partial charge in [-0.2, -0.15) is 0 Å². The summed E-state index contributed by atoms with van der Waals surface area (Å²) in [6, 6.07) is 12.8. The van der Waals surface area contributed by atoms with E-state index in [9.17, 15) is 4.39 Å². The van der Waals surface area contributed by atoms with E-state index >= 15 is 0 Å². The molecule has 0 bridgehead atoms. The molecule has 2 atom stereocenters. The van der Waals surface area contributed by atoms with Gasteiger partial charge in [-0.25, -0.2) is 4.39 Å². The van der Waals surface area contributed by atoms with Crippen LogP contribution in [0.2, 0.25) is 0 Å². The van der Waals surface area contributed by atoms with Crippen LogP contribution in [-0.4, -0.2) is 11.5 Å². The van der Waals surface area contributed by atoms with Crippen molar-refractivity contribution < 1.29 is 4.39 Å². The van der Waals surface area contributed by atoms with Crippen LogP contribution in [0.15, 0.2) is 48.7 Å². The Morgan fingerprint density at radius 1 is 1.16 bits per heavy atom. The number of hydrogen-bond acceptors (Lipinski definition) is 2. The van der Waals surface area contributed by atoms with Gasteiger partial charge < -0.3 is 5.32 Å². The number of nitrogens with one attached hydrogen (secondary N) is 1. The second-order valence-electron chi connectivity index (χ2n) is 4.63. The number of nitrogens with zero attached hydrogens (tertiary/aromatic N) is 1. The molecule has 0 amide bonds. The molecule has 1 heterocycles. The molecular formula is C16H19FN2. The number of rotatable bonds is 5. The highest BCUT2D eigenvalue weighted by atomic mass is 19.1. The average Bonchev–Trinajstić information content (AvgIpc) is 2.46. The van der Waals surface area contributed by atoms with Crippen molar-refractivity contribution in [3.05, 3.63) is 65.7 Å². The molecule has 19 heavy (non-hydrogen) atoms. The number of halogens is 1. The molecule has 1 N–H and O–H groups in total. The van der Waals surface area contributed by atoms with Crippen LogP contribution < -0.4 is 5.32 Å². The number of aromatic nitrogens is 1. The molecule has 2 aromatic rings. The molecule has 0 spiro atoms. The minimum Gasteiger partial charge on any atom is -0.310 e. The summed E-state index contributed by atoms with van der Waals surface area (Å²) in [5, 5.41) is 3.45. The molecule has 2 rings (SSSR count). The Morgan fingerprint density at radius 2 is 1.89 bits per heavy atom. The van der Waals surface area contributed by atoms with E-state index in [1.54, 1.807) is 6.20 Å². The number of likely N-dealkylation sites (N-methyl/N-ethyl adjacent to an activating group) is 1. The van der Waals surface area contributed by atoms with Crippen LogP contribution in [0.25, 0.3) is 0 Å². The first-order valence-electron chi connectivity index (χ1n) is 6.62. The summed E-state index contributed by atoms with van der Waals surface area (Å²) in [6.07, 6.45) is 1.81. The molecule has 0 radical (unpaired) electrons. The topological polar surface area (TPSA) is 24.9 Å². The van der Waals surface area contributed by atoms with Gasteiger partial charge in [0.15, 0.2) is 0 Å². The summed E-state index contributed by atoms with van der Waals surface area (Å²) < 4.78 is 13.0. The van der Waals surface area contributed by atoms with Crippen LogP contribution in [0.4, 0.5) is 4.39 Å². The predicted octanol–water partition coefficient (Wildman–Crippen LogP) is 3.68. The SMILES string of the molecule is CCNC(c1ccc(F)cc1)C(C)c1ccccn1. The highest BCUT2D eigenvalue weighted by molar-refractivity contribution is 5.24. The highest BCUT2D eigenvalue weighted by Gasteiger charge is 2.20. The van der Waals surface area contributed by atoms with Crippen LogP contribution >= 0.6 is 0 Å². The lowest BCUT2D eigenvalue weighted by Gasteiger charge is -2.25. The number of hydrogen-bond donors (Lipinski definition) is 1. The smallest absolute Gasteiger partial charge is 0.123 e. The fourth-order valence-electron chi connectivity index (χ4n) is 2.29. The van der Waals surface area contributed by atoms with Gasteiger partial charge in [0.1, 0.15) is 5.82 Å². The lowest BCUT2D eigenvalue weighted by atomic mass is 9.91. The molecule has 0 saturated heterocycles. The lowest BCUT2D eigenvalue weighted by Crippen LogP contribution is -2.26. The van der Waals surface area contributed by atoms with Gasteiger partial charge in [0.25, 0.3) is 0 Å². The van der Waals surface area contributed by atoms with Gasteiger partial charge in [-0.3, -0.25) is 4.98 Å². The summed E-state index contributed by atoms with van der Waals surface area (Å²) >= 11 is 0. The van der Waals surface area contributed by atoms with Crippen molar-refractivity contribution in [2.24, 2.45) is 0 Å². The maximum absolute atomic E-state index is 13.0. The summed E-state index contributed by atoms with van der Waals surface area (Å²) in [5.41, 5.74) is 2.12. The molecule has 1 aromatic carbocycles. The van der Waals surface area contributed by atoms with Crippen molar-refractivity contribution in [3.8, 4) is 0 Å². The van der Waals surface area contributed by atoms with E-state index in [2.05, 4.69) is 24.1 Å². The zero-order valence-corrected chi connectivity index (χ0v) is 11.3. The van der Waals surface area contributed by atoms with Gasteiger partial charge in [0, 0.05) is 23.9 Å². The minimum atomic E-state index is -0.204. The summed E-state index contributed by atoms with van der Waals surface area (Å²) in [4.78, 5) is 4.41. The summed E-state index contributed by atoms with van der Waals surface area (Å²) in [7, 11) is 0. The predicted molar refractivity (Wildman–Crippen MR) is 75.5 cm³/mol. The molecule has 0 fully saturated rings. The first-order chi connectivity index (χ1) is 9.22. The fourth-order valence-corrected chi connectivity index (χ4v) is 2.29. The Bertz CT molecular complexity index is 496. The molecule has 1 aromatic heterocycles. The van der Waals surface area contributed by atoms with E-state index in [0.29, 0.717) is 0 Å². The summed E-state index contributed by atoms with van der Waals surface area (Å²) in [6.45, 7) is 5.07. The van der Waals surface area contributed by atoms with Crippen LogP contribution in [0.3, 0.4) is 0 Å². The molecule has 100 valence electrons. The van der Waals surface area contributed by atoms with Gasteiger partial charge in [-0.05, 0) is 36.4 Å². The largest absolute Gasteiger partial charge is 0.310 e. The fraction of sp³-hybridized carbons (Fsp3) is 0.312. The number of pyridine rings is 1. The minimum absolute atomic E-state index is 0.139. The lowest BCUT2D eigenvalue weighted by molar-refractivity contribution is 0.471. The highest BCUT2D eigenvalue weighted by Crippen LogP contribution is 2.29. The van der Waals surface area contributed by atoms with Gasteiger partial charge in [0.05, 0.1) is 0 Å². The Balaban J connectivity index is 2.27. The molecular weight excluding hydrogens is 239 g/mol. The maximum atomic E-state index is 13.0. The Labute approximate surface area is 113 Å². The van der Waals surface area contributed by atoms with E-state index in [0.717, 1.165) is 17.8 Å². The monoisotopic (exact) mass is 258 g/mol. The van der Waals surface area contributed by atoms with E-state index in [4.69, 9.17) is 0 Å². The quantitative estimate of drug-likeness (QED) is 0.885. The van der Waals surface area contributed by atoms with Gasteiger partial charge in [-0.1, -0.05) is 32.0 Å². The van der Waals surface area contributed by atoms with E-state index in [1.807, 2.05) is 30.3 Å². The van der Waals surface area contributed by atoms with Crippen molar-refractivity contribution in [2.45, 2.75) is 25.8 Å². The van der Waals surface area contributed by atoms with Crippen LogP contribution in [0.1, 0.15) is 37.1 Å². The van der Waals surface area contributed by atoms with Crippen molar-refractivity contribution in [1.82, 2.24) is 10.3 Å². The second-order valence-corrected chi connectivity index (χ2v) is 4.63. The average molecular weight is 258 g/mol. The first kappa shape index (κ1) is 13.7. The molecule has 0 aliphatic rings. The van der Waals surface area contributed by atoms with Crippen molar-refractivity contribution in [1.29, 1.82) is 0 Å². The summed E-state index contributed by atoms with van der Waals surface area (Å²) in [5.74, 6) is 0.0242. The van der Waals surface area contributed by atoms with Crippen molar-refractivity contribution in [3.63, 3.8) is 0 Å². The molecule has 2 unspecified atom stereocenters. The molecule has 0 aliphatic carbocycles. The number of benzene rings is 1. The van der Waals surface area contributed by atoms with E-state index in [-0.39, 0.29) is 17.8 Å². The van der Waals surface area contributed by atoms with E-state index in [1.165, 1.54) is 12.1 Å². The maximum Gasteiger partial charge on any atom is 0.123 e. The van der Waals surface area contributed by atoms with Crippen LogP contribution in [0.5, 0.6) is 0 Å². The van der Waals surface area contributed by atoms with Gasteiger partial charge >= 0.3 is 0 Å². The third-order valence-corrected chi connectivity index (χ3v) is 3.31.